The SMILES string of the molecule is C=CC#N.O=C(O)C=CC=Cc1ccccc1.O=C1C=CC(=O)O1. The lowest BCUT2D eigenvalue weighted by Crippen LogP contribution is -1.96. The monoisotopic (exact) mass is 325 g/mol. The Morgan fingerprint density at radius 1 is 1.12 bits per heavy atom. The van der Waals surface area contributed by atoms with E-state index in [1.165, 1.54) is 12.2 Å². The third-order valence-corrected chi connectivity index (χ3v) is 2.09. The second-order valence-electron chi connectivity index (χ2n) is 3.87. The van der Waals surface area contributed by atoms with E-state index < -0.39 is 17.9 Å². The number of nitrogens with zero attached hydrogens (tertiary/aromatic N) is 1. The van der Waals surface area contributed by atoms with Crippen LogP contribution in [0.1, 0.15) is 5.56 Å². The van der Waals surface area contributed by atoms with Crippen molar-refractivity contribution in [2.75, 3.05) is 0 Å². The van der Waals surface area contributed by atoms with Crippen LogP contribution in [0.15, 0.2) is 73.4 Å². The van der Waals surface area contributed by atoms with Gasteiger partial charge in [-0.05, 0) is 5.56 Å². The maximum absolute atomic E-state index is 10.1. The smallest absolute Gasteiger partial charge is 0.338 e. The summed E-state index contributed by atoms with van der Waals surface area (Å²) in [6.07, 6.45) is 9.49. The molecular weight excluding hydrogens is 310 g/mol. The van der Waals surface area contributed by atoms with Gasteiger partial charge in [0, 0.05) is 24.3 Å². The van der Waals surface area contributed by atoms with Gasteiger partial charge in [0.2, 0.25) is 0 Å². The van der Waals surface area contributed by atoms with E-state index in [-0.39, 0.29) is 0 Å². The van der Waals surface area contributed by atoms with E-state index in [1.807, 2.05) is 36.4 Å². The van der Waals surface area contributed by atoms with Crippen molar-refractivity contribution in [2.24, 2.45) is 0 Å². The molecule has 1 aromatic rings. The number of allylic oxidation sites excluding steroid dienone is 3. The molecule has 1 aliphatic heterocycles. The number of benzene rings is 1. The maximum Gasteiger partial charge on any atom is 0.338 e. The number of carbonyl (C=O) groups excluding carboxylic acids is 2. The van der Waals surface area contributed by atoms with Crippen molar-refractivity contribution in [1.29, 1.82) is 5.26 Å². The number of hydrogen-bond acceptors (Lipinski definition) is 5. The van der Waals surface area contributed by atoms with Crippen LogP contribution in [0, 0.1) is 11.3 Å². The minimum Gasteiger partial charge on any atom is -0.478 e. The Bertz CT molecular complexity index is 678. The second kappa shape index (κ2) is 13.0. The zero-order chi connectivity index (χ0) is 18.2. The summed E-state index contributed by atoms with van der Waals surface area (Å²) >= 11 is 0. The van der Waals surface area contributed by atoms with E-state index in [4.69, 9.17) is 10.4 Å². The lowest BCUT2D eigenvalue weighted by Gasteiger charge is -1.87. The quantitative estimate of drug-likeness (QED) is 0.301. The molecule has 0 bridgehead atoms. The van der Waals surface area contributed by atoms with Crippen molar-refractivity contribution in [3.63, 3.8) is 0 Å². The van der Waals surface area contributed by atoms with E-state index in [9.17, 15) is 14.4 Å². The largest absolute Gasteiger partial charge is 0.478 e. The van der Waals surface area contributed by atoms with Gasteiger partial charge in [-0.3, -0.25) is 0 Å². The minimum atomic E-state index is -0.933. The molecule has 0 saturated carbocycles. The number of esters is 2. The summed E-state index contributed by atoms with van der Waals surface area (Å²) in [4.78, 5) is 29.9. The lowest BCUT2D eigenvalue weighted by atomic mass is 10.2. The van der Waals surface area contributed by atoms with Crippen molar-refractivity contribution in [3.8, 4) is 6.07 Å². The lowest BCUT2D eigenvalue weighted by molar-refractivity contribution is -0.150. The fourth-order valence-corrected chi connectivity index (χ4v) is 1.17. The van der Waals surface area contributed by atoms with Gasteiger partial charge in [0.1, 0.15) is 0 Å². The molecule has 1 N–H and O–H groups in total. The molecule has 24 heavy (non-hydrogen) atoms. The zero-order valence-corrected chi connectivity index (χ0v) is 12.7. The molecule has 0 aromatic heterocycles. The molecule has 0 saturated heterocycles. The zero-order valence-electron chi connectivity index (χ0n) is 12.7. The predicted molar refractivity (Wildman–Crippen MR) is 88.3 cm³/mol. The summed E-state index contributed by atoms with van der Waals surface area (Å²) in [6, 6.07) is 11.4. The van der Waals surface area contributed by atoms with Crippen LogP contribution in [0.5, 0.6) is 0 Å². The van der Waals surface area contributed by atoms with E-state index in [2.05, 4.69) is 11.3 Å². The Morgan fingerprint density at radius 3 is 2.04 bits per heavy atom. The van der Waals surface area contributed by atoms with Gasteiger partial charge in [-0.25, -0.2) is 14.4 Å². The molecule has 6 nitrogen and oxygen atoms in total. The fraction of sp³-hybridized carbons (Fsp3) is 0. The highest BCUT2D eigenvalue weighted by Crippen LogP contribution is 2.00. The van der Waals surface area contributed by atoms with Gasteiger partial charge in [-0.1, -0.05) is 55.1 Å². The number of carbonyl (C=O) groups is 3. The van der Waals surface area contributed by atoms with E-state index in [1.54, 1.807) is 12.1 Å². The van der Waals surface area contributed by atoms with Crippen molar-refractivity contribution < 1.29 is 24.2 Å². The predicted octanol–water partition coefficient (Wildman–Crippen LogP) is 2.66. The Labute approximate surface area is 139 Å². The summed E-state index contributed by atoms with van der Waals surface area (Å²) < 4.78 is 3.97. The van der Waals surface area contributed by atoms with Crippen LogP contribution in [-0.4, -0.2) is 23.0 Å². The van der Waals surface area contributed by atoms with E-state index in [0.29, 0.717) is 0 Å². The van der Waals surface area contributed by atoms with Crippen LogP contribution in [0.2, 0.25) is 0 Å². The Kier molecular flexibility index (Phi) is 11.0. The van der Waals surface area contributed by atoms with Gasteiger partial charge in [0.15, 0.2) is 0 Å². The third-order valence-electron chi connectivity index (χ3n) is 2.09. The van der Waals surface area contributed by atoms with Crippen molar-refractivity contribution >= 4 is 24.0 Å². The molecule has 1 aliphatic rings. The Morgan fingerprint density at radius 2 is 1.67 bits per heavy atom. The van der Waals surface area contributed by atoms with E-state index in [0.717, 1.165) is 23.8 Å². The van der Waals surface area contributed by atoms with Crippen LogP contribution in [0.25, 0.3) is 6.08 Å². The highest BCUT2D eigenvalue weighted by molar-refractivity contribution is 6.04. The van der Waals surface area contributed by atoms with Crippen LogP contribution in [0.3, 0.4) is 0 Å². The van der Waals surface area contributed by atoms with Gasteiger partial charge >= 0.3 is 17.9 Å². The molecule has 0 fully saturated rings. The Balaban J connectivity index is 0.000000401. The van der Waals surface area contributed by atoms with Crippen LogP contribution in [0.4, 0.5) is 0 Å². The average molecular weight is 325 g/mol. The topological polar surface area (TPSA) is 104 Å². The first kappa shape index (κ1) is 20.3. The highest BCUT2D eigenvalue weighted by atomic mass is 16.6. The number of ether oxygens (including phenoxy) is 1. The molecule has 122 valence electrons. The second-order valence-corrected chi connectivity index (χ2v) is 3.87. The summed E-state index contributed by atoms with van der Waals surface area (Å²) in [6.45, 7) is 3.12. The van der Waals surface area contributed by atoms with Gasteiger partial charge in [-0.15, -0.1) is 0 Å². The van der Waals surface area contributed by atoms with Crippen molar-refractivity contribution in [2.45, 2.75) is 0 Å². The molecule has 0 unspecified atom stereocenters. The van der Waals surface area contributed by atoms with Crippen molar-refractivity contribution in [1.82, 2.24) is 0 Å². The normalized spacial score (nSPS) is 11.8. The van der Waals surface area contributed by atoms with Crippen LogP contribution in [-0.2, 0) is 19.1 Å². The molecule has 0 aliphatic carbocycles. The summed E-state index contributed by atoms with van der Waals surface area (Å²) in [5, 5.41) is 15.8. The average Bonchev–Trinajstić information content (AvgIpc) is 2.96. The van der Waals surface area contributed by atoms with Crippen LogP contribution >= 0.6 is 0 Å². The molecule has 1 heterocycles. The molecule has 6 heteroatoms. The fourth-order valence-electron chi connectivity index (χ4n) is 1.17. The molecule has 0 amide bonds. The molecular formula is C18H15NO5. The molecule has 2 rings (SSSR count). The molecule has 0 radical (unpaired) electrons. The van der Waals surface area contributed by atoms with Gasteiger partial charge in [0.25, 0.3) is 0 Å². The number of aliphatic carboxylic acids is 1. The van der Waals surface area contributed by atoms with Crippen molar-refractivity contribution in [3.05, 3.63) is 78.9 Å². The van der Waals surface area contributed by atoms with Gasteiger partial charge in [-0.2, -0.15) is 5.26 Å². The Hall–Kier alpha value is -3.72. The number of nitriles is 1. The highest BCUT2D eigenvalue weighted by Gasteiger charge is 2.10. The van der Waals surface area contributed by atoms with Gasteiger partial charge < -0.3 is 9.84 Å². The summed E-state index contributed by atoms with van der Waals surface area (Å²) in [5.41, 5.74) is 1.05. The number of rotatable bonds is 3. The summed E-state index contributed by atoms with van der Waals surface area (Å²) in [7, 11) is 0. The first-order chi connectivity index (χ1) is 11.5. The number of carboxylic acids is 1. The number of hydrogen-bond donors (Lipinski definition) is 1. The molecule has 0 atom stereocenters. The van der Waals surface area contributed by atoms with E-state index >= 15 is 0 Å². The molecule has 0 spiro atoms. The molecule has 1 aromatic carbocycles. The standard InChI is InChI=1S/C11H10O2.C4H2O3.C3H3N/c12-11(13)9-5-4-8-10-6-2-1-3-7-10;5-3-1-2-4(6)7-3;1-2-3-4/h1-9H,(H,12,13);1-2H;2H,1H2. The number of carboxylic acid groups (broad SMARTS) is 1. The third kappa shape index (κ3) is 12.1. The maximum atomic E-state index is 10.1. The summed E-state index contributed by atoms with van der Waals surface area (Å²) in [5.74, 6) is -2.09. The van der Waals surface area contributed by atoms with Crippen LogP contribution < -0.4 is 0 Å². The number of cyclic esters (lactones) is 2. The minimum absolute atomic E-state index is 0.579. The first-order valence-corrected chi connectivity index (χ1v) is 6.56. The van der Waals surface area contributed by atoms with Gasteiger partial charge in [0.05, 0.1) is 6.07 Å². The first-order valence-electron chi connectivity index (χ1n) is 6.56.